The molecule has 0 spiro atoms. The Morgan fingerprint density at radius 2 is 2.26 bits per heavy atom. The van der Waals surface area contributed by atoms with Crippen LogP contribution < -0.4 is 10.1 Å². The second-order valence-electron chi connectivity index (χ2n) is 5.36. The Labute approximate surface area is 130 Å². The summed E-state index contributed by atoms with van der Waals surface area (Å²) in [6.45, 7) is -1.08. The summed E-state index contributed by atoms with van der Waals surface area (Å²) < 4.78 is 43.6. The number of alkyl halides is 3. The third kappa shape index (κ3) is 3.72. The molecule has 1 aliphatic rings. The Balaban J connectivity index is 1.80. The number of anilines is 1. The largest absolute Gasteiger partial charge is 0.481 e. The van der Waals surface area contributed by atoms with Crippen LogP contribution in [0.25, 0.3) is 0 Å². The minimum Gasteiger partial charge on any atom is -0.481 e. The van der Waals surface area contributed by atoms with Gasteiger partial charge in [-0.25, -0.2) is 4.98 Å². The van der Waals surface area contributed by atoms with Crippen LogP contribution in [0.1, 0.15) is 30.1 Å². The summed E-state index contributed by atoms with van der Waals surface area (Å²) in [7, 11) is 1.50. The lowest BCUT2D eigenvalue weighted by molar-refractivity contribution is -0.142. The van der Waals surface area contributed by atoms with Gasteiger partial charge >= 0.3 is 6.18 Å². The second kappa shape index (κ2) is 6.05. The van der Waals surface area contributed by atoms with Crippen LogP contribution in [0, 0.1) is 0 Å². The first-order valence-corrected chi connectivity index (χ1v) is 7.21. The number of hydrogen-bond donors (Lipinski definition) is 1. The molecule has 1 N–H and O–H groups in total. The molecule has 6 nitrogen and oxygen atoms in total. The summed E-state index contributed by atoms with van der Waals surface area (Å²) in [5.41, 5.74) is 1.47. The Morgan fingerprint density at radius 1 is 1.43 bits per heavy atom. The summed E-state index contributed by atoms with van der Waals surface area (Å²) in [6, 6.07) is 1.41. The van der Waals surface area contributed by atoms with Crippen LogP contribution in [0.5, 0.6) is 5.88 Å². The highest BCUT2D eigenvalue weighted by molar-refractivity contribution is 5.35. The van der Waals surface area contributed by atoms with Crippen molar-refractivity contribution < 1.29 is 17.9 Å². The summed E-state index contributed by atoms with van der Waals surface area (Å²) in [6.07, 6.45) is 1.10. The molecule has 23 heavy (non-hydrogen) atoms. The highest BCUT2D eigenvalue weighted by atomic mass is 19.4. The molecule has 2 aromatic heterocycles. The molecule has 0 unspecified atom stereocenters. The van der Waals surface area contributed by atoms with E-state index in [1.54, 1.807) is 12.3 Å². The number of fused-ring (bicyclic) bond motifs is 1. The van der Waals surface area contributed by atoms with E-state index in [0.717, 1.165) is 29.5 Å². The maximum atomic E-state index is 12.5. The Kier molecular flexibility index (Phi) is 4.10. The second-order valence-corrected chi connectivity index (χ2v) is 5.36. The van der Waals surface area contributed by atoms with Crippen molar-refractivity contribution in [2.75, 3.05) is 12.4 Å². The van der Waals surface area contributed by atoms with Crippen LogP contribution >= 0.6 is 0 Å². The normalized spacial score (nSPS) is 17.7. The van der Waals surface area contributed by atoms with Gasteiger partial charge in [-0.2, -0.15) is 23.3 Å². The molecular formula is C14H16F3N5O. The molecule has 1 atom stereocenters. The van der Waals surface area contributed by atoms with E-state index >= 15 is 0 Å². The van der Waals surface area contributed by atoms with Gasteiger partial charge in [-0.05, 0) is 24.8 Å². The highest BCUT2D eigenvalue weighted by Crippen LogP contribution is 2.31. The van der Waals surface area contributed by atoms with Gasteiger partial charge < -0.3 is 10.1 Å². The summed E-state index contributed by atoms with van der Waals surface area (Å²) in [4.78, 5) is 8.27. The maximum Gasteiger partial charge on any atom is 0.408 e. The Bertz CT molecular complexity index is 685. The zero-order chi connectivity index (χ0) is 16.4. The fourth-order valence-electron chi connectivity index (χ4n) is 2.68. The monoisotopic (exact) mass is 327 g/mol. The lowest BCUT2D eigenvalue weighted by atomic mass is 9.94. The minimum atomic E-state index is -4.28. The van der Waals surface area contributed by atoms with Gasteiger partial charge in [0.05, 0.1) is 18.8 Å². The van der Waals surface area contributed by atoms with Gasteiger partial charge in [-0.15, -0.1) is 0 Å². The van der Waals surface area contributed by atoms with Crippen molar-refractivity contribution in [1.29, 1.82) is 0 Å². The molecule has 0 saturated carbocycles. The highest BCUT2D eigenvalue weighted by Gasteiger charge is 2.31. The lowest BCUT2D eigenvalue weighted by Crippen LogP contribution is -2.20. The summed E-state index contributed by atoms with van der Waals surface area (Å²) in [5.74, 6) is 0.786. The smallest absolute Gasteiger partial charge is 0.408 e. The first-order chi connectivity index (χ1) is 10.9. The topological polar surface area (TPSA) is 64.9 Å². The van der Waals surface area contributed by atoms with Crippen molar-refractivity contribution in [3.63, 3.8) is 0 Å². The van der Waals surface area contributed by atoms with Gasteiger partial charge in [0.15, 0.2) is 0 Å². The van der Waals surface area contributed by atoms with Gasteiger partial charge in [0.25, 0.3) is 0 Å². The number of aromatic nitrogens is 4. The van der Waals surface area contributed by atoms with Crippen LogP contribution in [-0.4, -0.2) is 33.0 Å². The number of nitrogens with one attached hydrogen (secondary N) is 1. The van der Waals surface area contributed by atoms with Gasteiger partial charge in [-0.3, -0.25) is 4.68 Å². The van der Waals surface area contributed by atoms with Crippen LogP contribution in [0.2, 0.25) is 0 Å². The predicted molar refractivity (Wildman–Crippen MR) is 76.2 cm³/mol. The van der Waals surface area contributed by atoms with Gasteiger partial charge in [0.2, 0.25) is 11.8 Å². The Morgan fingerprint density at radius 3 is 3.00 bits per heavy atom. The quantitative estimate of drug-likeness (QED) is 0.935. The molecule has 0 bridgehead atoms. The van der Waals surface area contributed by atoms with Gasteiger partial charge in [0, 0.05) is 18.5 Å². The van der Waals surface area contributed by atoms with E-state index in [-0.39, 0.29) is 6.04 Å². The third-order valence-electron chi connectivity index (χ3n) is 3.62. The average molecular weight is 327 g/mol. The van der Waals surface area contributed by atoms with Crippen LogP contribution in [0.3, 0.4) is 0 Å². The molecular weight excluding hydrogens is 311 g/mol. The molecule has 1 aliphatic carbocycles. The Hall–Kier alpha value is -2.32. The molecule has 2 aromatic rings. The van der Waals surface area contributed by atoms with E-state index in [2.05, 4.69) is 20.4 Å². The number of ether oxygens (including phenoxy) is 1. The van der Waals surface area contributed by atoms with Gasteiger partial charge in [-0.1, -0.05) is 0 Å². The molecule has 9 heteroatoms. The molecule has 0 radical (unpaired) electrons. The number of hydrogen-bond acceptors (Lipinski definition) is 5. The summed E-state index contributed by atoms with van der Waals surface area (Å²) in [5, 5.41) is 7.23. The SMILES string of the molecule is COc1ccnc(N[C@H]2CCCc3cn(CC(F)(F)F)nc32)n1. The maximum absolute atomic E-state index is 12.5. The predicted octanol–water partition coefficient (Wildman–Crippen LogP) is 2.73. The first kappa shape index (κ1) is 15.6. The van der Waals surface area contributed by atoms with E-state index in [0.29, 0.717) is 17.5 Å². The molecule has 0 aromatic carbocycles. The average Bonchev–Trinajstić information content (AvgIpc) is 2.89. The number of methoxy groups -OCH3 is 1. The molecule has 0 fully saturated rings. The standard InChI is InChI=1S/C14H16F3N5O/c1-23-11-5-6-18-13(20-11)19-10-4-2-3-9-7-22(21-12(9)10)8-14(15,16)17/h5-7,10H,2-4,8H2,1H3,(H,18,19,20)/t10-/m0/s1. The van der Waals surface area contributed by atoms with E-state index in [9.17, 15) is 13.2 Å². The van der Waals surface area contributed by atoms with Gasteiger partial charge in [0.1, 0.15) is 6.54 Å². The first-order valence-electron chi connectivity index (χ1n) is 7.21. The number of nitrogens with zero attached hydrogens (tertiary/aromatic N) is 4. The van der Waals surface area contributed by atoms with Crippen molar-refractivity contribution in [2.45, 2.75) is 38.0 Å². The number of rotatable bonds is 4. The third-order valence-corrected chi connectivity index (χ3v) is 3.62. The molecule has 3 rings (SSSR count). The van der Waals surface area contributed by atoms with Crippen LogP contribution in [0.15, 0.2) is 18.5 Å². The lowest BCUT2D eigenvalue weighted by Gasteiger charge is -2.22. The number of halogens is 3. The van der Waals surface area contributed by atoms with Crippen molar-refractivity contribution in [2.24, 2.45) is 0 Å². The fraction of sp³-hybridized carbons (Fsp3) is 0.500. The van der Waals surface area contributed by atoms with E-state index in [1.807, 2.05) is 0 Å². The summed E-state index contributed by atoms with van der Waals surface area (Å²) >= 11 is 0. The number of aryl methyl sites for hydroxylation is 1. The van der Waals surface area contributed by atoms with Crippen LogP contribution in [-0.2, 0) is 13.0 Å². The fourth-order valence-corrected chi connectivity index (χ4v) is 2.68. The van der Waals surface area contributed by atoms with E-state index in [4.69, 9.17) is 4.74 Å². The zero-order valence-corrected chi connectivity index (χ0v) is 12.5. The van der Waals surface area contributed by atoms with Crippen molar-refractivity contribution in [3.05, 3.63) is 29.7 Å². The zero-order valence-electron chi connectivity index (χ0n) is 12.5. The minimum absolute atomic E-state index is 0.208. The van der Waals surface area contributed by atoms with Crippen LogP contribution in [0.4, 0.5) is 19.1 Å². The van der Waals surface area contributed by atoms with E-state index < -0.39 is 12.7 Å². The van der Waals surface area contributed by atoms with Crippen molar-refractivity contribution in [3.8, 4) is 5.88 Å². The van der Waals surface area contributed by atoms with E-state index in [1.165, 1.54) is 13.3 Å². The van der Waals surface area contributed by atoms with Crippen molar-refractivity contribution in [1.82, 2.24) is 19.7 Å². The molecule has 0 saturated heterocycles. The molecule has 0 aliphatic heterocycles. The molecule has 2 heterocycles. The molecule has 0 amide bonds. The van der Waals surface area contributed by atoms with Crippen molar-refractivity contribution >= 4 is 5.95 Å². The molecule has 124 valence electrons.